The minimum Gasteiger partial charge on any atom is -0.467 e. The second kappa shape index (κ2) is 5.85. The second-order valence-corrected chi connectivity index (χ2v) is 5.43. The number of carbonyl (C=O) groups is 2. The van der Waals surface area contributed by atoms with Crippen molar-refractivity contribution in [1.29, 1.82) is 0 Å². The molecule has 0 aromatic rings. The van der Waals surface area contributed by atoms with Crippen LogP contribution in [0.3, 0.4) is 0 Å². The van der Waals surface area contributed by atoms with Crippen molar-refractivity contribution in [1.82, 2.24) is 0 Å². The first-order chi connectivity index (χ1) is 6.02. The third-order valence-corrected chi connectivity index (χ3v) is 3.99. The van der Waals surface area contributed by atoms with Crippen LogP contribution in [0.25, 0.3) is 0 Å². The van der Waals surface area contributed by atoms with Crippen LogP contribution in [0.4, 0.5) is 0 Å². The first kappa shape index (κ1) is 13.2. The quantitative estimate of drug-likeness (QED) is 0.334. The number of ether oxygens (including phenoxy) is 2. The van der Waals surface area contributed by atoms with Crippen LogP contribution in [0.2, 0.25) is 0 Å². The molecule has 0 aliphatic rings. The van der Waals surface area contributed by atoms with E-state index in [1.807, 2.05) is 0 Å². The van der Waals surface area contributed by atoms with Crippen LogP contribution in [-0.4, -0.2) is 30.4 Å². The lowest BCUT2D eigenvalue weighted by molar-refractivity contribution is -0.152. The molecule has 0 heterocycles. The molecule has 0 aliphatic heterocycles. The number of hydrogen-bond acceptors (Lipinski definition) is 6. The summed E-state index contributed by atoms with van der Waals surface area (Å²) >= 11 is 5.65. The van der Waals surface area contributed by atoms with Gasteiger partial charge >= 0.3 is 11.9 Å². The van der Waals surface area contributed by atoms with Gasteiger partial charge in [0.05, 0.1) is 14.2 Å². The third-order valence-electron chi connectivity index (χ3n) is 1.04. The van der Waals surface area contributed by atoms with Gasteiger partial charge in [0.1, 0.15) is 0 Å². The van der Waals surface area contributed by atoms with E-state index in [4.69, 9.17) is 22.3 Å². The predicted molar refractivity (Wildman–Crippen MR) is 53.7 cm³/mol. The summed E-state index contributed by atoms with van der Waals surface area (Å²) in [6, 6.07) is 0. The van der Waals surface area contributed by atoms with Crippen molar-refractivity contribution in [3.05, 3.63) is 0 Å². The smallest absolute Gasteiger partial charge is 0.350 e. The number of methoxy groups -OCH3 is 2. The Bertz CT molecular complexity index is 195. The molecule has 0 rings (SSSR count). The van der Waals surface area contributed by atoms with E-state index in [0.717, 1.165) is 14.2 Å². The highest BCUT2D eigenvalue weighted by Crippen LogP contribution is 2.43. The van der Waals surface area contributed by atoms with E-state index < -0.39 is 16.1 Å². The molecule has 76 valence electrons. The van der Waals surface area contributed by atoms with Crippen molar-refractivity contribution < 1.29 is 19.1 Å². The second-order valence-electron chi connectivity index (χ2n) is 1.72. The standard InChI is InChI=1S/C5H6Cl2O4S2/c1-10-3(8)5(6,12-13-7)4(9)11-2/h1-2H3. The van der Waals surface area contributed by atoms with Gasteiger partial charge in [-0.3, -0.25) is 0 Å². The lowest BCUT2D eigenvalue weighted by atomic mass is 10.4. The number of rotatable bonds is 4. The summed E-state index contributed by atoms with van der Waals surface area (Å²) in [6.45, 7) is 0. The zero-order valence-electron chi connectivity index (χ0n) is 6.71. The minimum atomic E-state index is -1.93. The van der Waals surface area contributed by atoms with E-state index in [1.165, 1.54) is 0 Å². The van der Waals surface area contributed by atoms with Gasteiger partial charge in [-0.25, -0.2) is 9.59 Å². The highest BCUT2D eigenvalue weighted by Gasteiger charge is 2.48. The van der Waals surface area contributed by atoms with E-state index >= 15 is 0 Å². The Morgan fingerprint density at radius 3 is 1.85 bits per heavy atom. The Morgan fingerprint density at radius 1 is 1.23 bits per heavy atom. The summed E-state index contributed by atoms with van der Waals surface area (Å²) in [7, 11) is 8.79. The Kier molecular flexibility index (Phi) is 5.95. The molecule has 0 spiro atoms. The predicted octanol–water partition coefficient (Wildman–Crippen LogP) is 1.80. The van der Waals surface area contributed by atoms with Gasteiger partial charge in [-0.05, 0) is 21.5 Å². The maximum Gasteiger partial charge on any atom is 0.350 e. The van der Waals surface area contributed by atoms with E-state index in [2.05, 4.69) is 9.47 Å². The summed E-state index contributed by atoms with van der Waals surface area (Å²) in [6.07, 6.45) is 0. The summed E-state index contributed by atoms with van der Waals surface area (Å²) < 4.78 is 6.72. The number of hydrogen-bond donors (Lipinski definition) is 0. The fourth-order valence-corrected chi connectivity index (χ4v) is 3.09. The summed E-state index contributed by atoms with van der Waals surface area (Å²) in [4.78, 5) is 22.2. The molecule has 0 aliphatic carbocycles. The fourth-order valence-electron chi connectivity index (χ4n) is 0.457. The van der Waals surface area contributed by atoms with Gasteiger partial charge < -0.3 is 9.47 Å². The number of halogens is 2. The monoisotopic (exact) mass is 264 g/mol. The molecule has 0 unspecified atom stereocenters. The topological polar surface area (TPSA) is 52.6 Å². The zero-order valence-corrected chi connectivity index (χ0v) is 9.85. The van der Waals surface area contributed by atoms with Crippen LogP contribution in [-0.2, 0) is 19.1 Å². The zero-order chi connectivity index (χ0) is 10.5. The molecule has 0 fully saturated rings. The normalized spacial score (nSPS) is 10.8. The van der Waals surface area contributed by atoms with Gasteiger partial charge in [0, 0.05) is 10.0 Å². The molecular formula is C5H6Cl2O4S2. The molecule has 8 heteroatoms. The maximum atomic E-state index is 11.1. The van der Waals surface area contributed by atoms with Crippen LogP contribution in [0.5, 0.6) is 0 Å². The molecule has 0 N–H and O–H groups in total. The molecule has 0 atom stereocenters. The lowest BCUT2D eigenvalue weighted by Crippen LogP contribution is -2.39. The molecule has 0 saturated carbocycles. The molecule has 0 aromatic carbocycles. The molecule has 0 bridgehead atoms. The molecule has 0 aromatic heterocycles. The van der Waals surface area contributed by atoms with Gasteiger partial charge in [-0.2, -0.15) is 0 Å². The third kappa shape index (κ3) is 3.12. The van der Waals surface area contributed by atoms with Gasteiger partial charge in [0.15, 0.2) is 0 Å². The first-order valence-corrected chi connectivity index (χ1v) is 6.20. The lowest BCUT2D eigenvalue weighted by Gasteiger charge is -2.17. The maximum absolute atomic E-state index is 11.1. The Labute approximate surface area is 92.5 Å². The van der Waals surface area contributed by atoms with Gasteiger partial charge in [0.25, 0.3) is 4.21 Å². The Balaban J connectivity index is 4.71. The minimum absolute atomic E-state index is 0.643. The van der Waals surface area contributed by atoms with E-state index in [0.29, 0.717) is 20.8 Å². The Morgan fingerprint density at radius 2 is 1.62 bits per heavy atom. The van der Waals surface area contributed by atoms with Crippen molar-refractivity contribution in [2.45, 2.75) is 4.21 Å². The van der Waals surface area contributed by atoms with Crippen molar-refractivity contribution in [2.75, 3.05) is 14.2 Å². The van der Waals surface area contributed by atoms with Gasteiger partial charge in [-0.1, -0.05) is 11.6 Å². The van der Waals surface area contributed by atoms with E-state index in [1.54, 1.807) is 0 Å². The van der Waals surface area contributed by atoms with Gasteiger partial charge in [-0.15, -0.1) is 0 Å². The van der Waals surface area contributed by atoms with Gasteiger partial charge in [0.2, 0.25) is 0 Å². The molecule has 13 heavy (non-hydrogen) atoms. The average molecular weight is 265 g/mol. The molecule has 0 radical (unpaired) electrons. The van der Waals surface area contributed by atoms with Crippen molar-refractivity contribution in [3.63, 3.8) is 0 Å². The van der Waals surface area contributed by atoms with Crippen molar-refractivity contribution >= 4 is 55.0 Å². The number of esters is 2. The van der Waals surface area contributed by atoms with Crippen molar-refractivity contribution in [3.8, 4) is 0 Å². The van der Waals surface area contributed by atoms with E-state index in [9.17, 15) is 9.59 Å². The largest absolute Gasteiger partial charge is 0.467 e. The Hall–Kier alpha value is 0.220. The van der Waals surface area contributed by atoms with Crippen LogP contribution in [0.1, 0.15) is 0 Å². The SMILES string of the molecule is COC(=O)C(Cl)(SSCl)C(=O)OC. The van der Waals surface area contributed by atoms with E-state index in [-0.39, 0.29) is 0 Å². The molecule has 4 nitrogen and oxygen atoms in total. The molecule has 0 saturated heterocycles. The van der Waals surface area contributed by atoms with Crippen molar-refractivity contribution in [2.24, 2.45) is 0 Å². The number of carbonyl (C=O) groups excluding carboxylic acids is 2. The van der Waals surface area contributed by atoms with Crippen LogP contribution >= 0.6 is 43.1 Å². The summed E-state index contributed by atoms with van der Waals surface area (Å²) in [5.41, 5.74) is 0. The van der Waals surface area contributed by atoms with Crippen LogP contribution < -0.4 is 0 Å². The molecular weight excluding hydrogens is 259 g/mol. The molecule has 0 amide bonds. The number of alkyl halides is 1. The average Bonchev–Trinajstić information content (AvgIpc) is 2.15. The van der Waals surface area contributed by atoms with Crippen LogP contribution in [0, 0.1) is 0 Å². The van der Waals surface area contributed by atoms with Crippen LogP contribution in [0.15, 0.2) is 0 Å². The fraction of sp³-hybridized carbons (Fsp3) is 0.600. The highest BCUT2D eigenvalue weighted by molar-refractivity contribution is 8.86. The first-order valence-electron chi connectivity index (χ1n) is 2.85. The highest BCUT2D eigenvalue weighted by atomic mass is 35.7. The summed E-state index contributed by atoms with van der Waals surface area (Å²) in [5, 5.41) is 0. The summed E-state index contributed by atoms with van der Waals surface area (Å²) in [5.74, 6) is -1.83.